The van der Waals surface area contributed by atoms with Crippen LogP contribution >= 0.6 is 0 Å². The molecule has 2 saturated carbocycles. The van der Waals surface area contributed by atoms with Gasteiger partial charge < -0.3 is 14.6 Å². The summed E-state index contributed by atoms with van der Waals surface area (Å²) in [6.45, 7) is 1.97. The van der Waals surface area contributed by atoms with Crippen molar-refractivity contribution in [3.8, 4) is 17.1 Å². The van der Waals surface area contributed by atoms with Gasteiger partial charge in [0.05, 0.1) is 17.3 Å². The molecule has 10 heteroatoms. The Morgan fingerprint density at radius 2 is 1.97 bits per heavy atom. The van der Waals surface area contributed by atoms with Gasteiger partial charge in [0.1, 0.15) is 18.5 Å². The van der Waals surface area contributed by atoms with E-state index in [1.165, 1.54) is 4.68 Å². The first kappa shape index (κ1) is 21.9. The van der Waals surface area contributed by atoms with Crippen LogP contribution in [0.2, 0.25) is 0 Å². The van der Waals surface area contributed by atoms with E-state index in [2.05, 4.69) is 20.6 Å². The Morgan fingerprint density at radius 3 is 2.68 bits per heavy atom. The quantitative estimate of drug-likeness (QED) is 0.545. The number of carbonyl (C=O) groups excluding carboxylic acids is 1. The normalized spacial score (nSPS) is 22.6. The van der Waals surface area contributed by atoms with Crippen LogP contribution in [0.15, 0.2) is 42.5 Å². The van der Waals surface area contributed by atoms with Crippen molar-refractivity contribution >= 4 is 17.9 Å². The second kappa shape index (κ2) is 8.77. The summed E-state index contributed by atoms with van der Waals surface area (Å²) in [6.07, 6.45) is 1.00. The largest absolute Gasteiger partial charge is 0.488 e. The van der Waals surface area contributed by atoms with E-state index in [1.54, 1.807) is 19.2 Å². The van der Waals surface area contributed by atoms with Gasteiger partial charge in [-0.05, 0) is 43.4 Å². The molecule has 10 nitrogen and oxygen atoms in total. The summed E-state index contributed by atoms with van der Waals surface area (Å²) in [5, 5.41) is 20.2. The van der Waals surface area contributed by atoms with Gasteiger partial charge in [0.15, 0.2) is 11.5 Å². The minimum Gasteiger partial charge on any atom is -0.488 e. The van der Waals surface area contributed by atoms with Crippen LogP contribution in [0.4, 0.5) is 10.6 Å². The Hall–Kier alpha value is -3.95. The van der Waals surface area contributed by atoms with E-state index in [0.29, 0.717) is 28.6 Å². The Bertz CT molecular complexity index is 1230. The van der Waals surface area contributed by atoms with Crippen molar-refractivity contribution in [2.45, 2.75) is 32.5 Å². The summed E-state index contributed by atoms with van der Waals surface area (Å²) in [4.78, 5) is 28.3. The van der Waals surface area contributed by atoms with E-state index in [4.69, 9.17) is 9.47 Å². The molecule has 2 heterocycles. The minimum absolute atomic E-state index is 0.0780. The molecule has 2 aliphatic carbocycles. The fourth-order valence-corrected chi connectivity index (χ4v) is 4.81. The molecule has 2 aliphatic rings. The molecular weight excluding hydrogens is 438 g/mol. The van der Waals surface area contributed by atoms with E-state index >= 15 is 0 Å². The number of benzene rings is 1. The molecule has 0 aliphatic heterocycles. The molecule has 0 saturated heterocycles. The molecule has 2 N–H and O–H groups in total. The average Bonchev–Trinajstić information content (AvgIpc) is 3.26. The van der Waals surface area contributed by atoms with Gasteiger partial charge in [0.25, 0.3) is 0 Å². The number of ether oxygens (including phenoxy) is 2. The minimum atomic E-state index is -0.738. The number of anilines is 1. The van der Waals surface area contributed by atoms with Crippen LogP contribution in [0.1, 0.15) is 24.1 Å². The van der Waals surface area contributed by atoms with Gasteiger partial charge in [-0.1, -0.05) is 35.5 Å². The summed E-state index contributed by atoms with van der Waals surface area (Å²) in [5.41, 5.74) is 2.46. The summed E-state index contributed by atoms with van der Waals surface area (Å²) in [6, 6.07) is 12.9. The monoisotopic (exact) mass is 463 g/mol. The van der Waals surface area contributed by atoms with Crippen molar-refractivity contribution in [2.24, 2.45) is 24.8 Å². The number of fused-ring (bicyclic) bond motifs is 1. The van der Waals surface area contributed by atoms with Crippen molar-refractivity contribution in [1.29, 1.82) is 0 Å². The predicted octanol–water partition coefficient (Wildman–Crippen LogP) is 3.42. The molecule has 4 atom stereocenters. The number of pyridine rings is 1. The molecule has 3 aromatic rings. The number of carboxylic acid groups (broad SMARTS) is 1. The van der Waals surface area contributed by atoms with Gasteiger partial charge in [0, 0.05) is 13.0 Å². The van der Waals surface area contributed by atoms with Gasteiger partial charge in [-0.2, -0.15) is 0 Å². The number of aromatic nitrogens is 4. The Kier molecular flexibility index (Phi) is 5.64. The zero-order valence-corrected chi connectivity index (χ0v) is 18.8. The highest BCUT2D eigenvalue weighted by Gasteiger charge is 2.63. The lowest BCUT2D eigenvalue weighted by Gasteiger charge is -2.18. The van der Waals surface area contributed by atoms with Crippen LogP contribution in [0.25, 0.3) is 11.4 Å². The Balaban J connectivity index is 1.27. The number of rotatable bonds is 7. The molecule has 5 rings (SSSR count). The van der Waals surface area contributed by atoms with Crippen LogP contribution < -0.4 is 10.1 Å². The molecule has 0 radical (unpaired) electrons. The van der Waals surface area contributed by atoms with Gasteiger partial charge in [0.2, 0.25) is 0 Å². The Labute approximate surface area is 195 Å². The maximum absolute atomic E-state index is 12.4. The van der Waals surface area contributed by atoms with Gasteiger partial charge in [-0.25, -0.2) is 14.5 Å². The molecule has 0 spiro atoms. The summed E-state index contributed by atoms with van der Waals surface area (Å²) < 4.78 is 12.9. The second-order valence-corrected chi connectivity index (χ2v) is 8.72. The molecule has 1 amide bonds. The number of aliphatic carboxylic acids is 1. The van der Waals surface area contributed by atoms with E-state index < -0.39 is 12.1 Å². The van der Waals surface area contributed by atoms with Crippen LogP contribution in [-0.4, -0.2) is 43.3 Å². The molecule has 176 valence electrons. The first-order chi connectivity index (χ1) is 16.4. The topological polar surface area (TPSA) is 128 Å². The molecule has 2 fully saturated rings. The van der Waals surface area contributed by atoms with Crippen LogP contribution in [-0.2, 0) is 23.2 Å². The molecule has 1 unspecified atom stereocenters. The fourth-order valence-electron chi connectivity index (χ4n) is 4.81. The Morgan fingerprint density at radius 1 is 1.18 bits per heavy atom. The third kappa shape index (κ3) is 4.18. The number of carboxylic acids is 1. The first-order valence-electron chi connectivity index (χ1n) is 11.2. The van der Waals surface area contributed by atoms with E-state index in [-0.39, 0.29) is 30.5 Å². The van der Waals surface area contributed by atoms with Crippen LogP contribution in [0, 0.1) is 24.7 Å². The van der Waals surface area contributed by atoms with E-state index in [1.807, 2.05) is 37.3 Å². The zero-order valence-electron chi connectivity index (χ0n) is 18.8. The number of nitrogens with zero attached hydrogens (tertiary/aromatic N) is 4. The summed E-state index contributed by atoms with van der Waals surface area (Å²) >= 11 is 0. The lowest BCUT2D eigenvalue weighted by molar-refractivity contribution is -0.139. The number of nitrogens with one attached hydrogen (secondary N) is 1. The lowest BCUT2D eigenvalue weighted by atomic mass is 10.1. The second-order valence-electron chi connectivity index (χ2n) is 8.72. The van der Waals surface area contributed by atoms with E-state index in [0.717, 1.165) is 18.4 Å². The molecule has 2 aromatic heterocycles. The predicted molar refractivity (Wildman–Crippen MR) is 121 cm³/mol. The van der Waals surface area contributed by atoms with Gasteiger partial charge in [-0.15, -0.1) is 5.10 Å². The average molecular weight is 463 g/mol. The van der Waals surface area contributed by atoms with Crippen molar-refractivity contribution in [3.05, 3.63) is 53.7 Å². The van der Waals surface area contributed by atoms with Crippen molar-refractivity contribution in [3.63, 3.8) is 0 Å². The van der Waals surface area contributed by atoms with Crippen molar-refractivity contribution < 1.29 is 24.2 Å². The third-order valence-electron chi connectivity index (χ3n) is 6.55. The zero-order chi connectivity index (χ0) is 23.8. The fraction of sp³-hybridized carbons (Fsp3) is 0.375. The standard InChI is InChI=1S/C24H25N5O5/c1-13-17(34-18-10-8-15-19(18)20(15)23(30)31)11-9-16(25-13)21-22(29(2)28-27-21)26-24(32)33-12-14-6-4-3-5-7-14/h3-7,9,11,15,18-20H,8,10,12H2,1-2H3,(H,26,32)(H,30,31)/t15-,18-,19-,20?/m1/s1. The van der Waals surface area contributed by atoms with Crippen LogP contribution in [0.3, 0.4) is 0 Å². The number of hydrogen-bond donors (Lipinski definition) is 2. The first-order valence-corrected chi connectivity index (χ1v) is 11.2. The van der Waals surface area contributed by atoms with Gasteiger partial charge >= 0.3 is 12.1 Å². The third-order valence-corrected chi connectivity index (χ3v) is 6.55. The maximum atomic E-state index is 12.4. The SMILES string of the molecule is Cc1nc(-c2nnn(C)c2NC(=O)OCc2ccccc2)ccc1O[C@@H]1CC[C@H]2C(C(=O)O)[C@@H]12. The highest BCUT2D eigenvalue weighted by Crippen LogP contribution is 2.58. The van der Waals surface area contributed by atoms with E-state index in [9.17, 15) is 14.7 Å². The number of carbonyl (C=O) groups is 2. The number of hydrogen-bond acceptors (Lipinski definition) is 7. The van der Waals surface area contributed by atoms with Crippen molar-refractivity contribution in [1.82, 2.24) is 20.0 Å². The highest BCUT2D eigenvalue weighted by molar-refractivity contribution is 5.88. The van der Waals surface area contributed by atoms with Crippen molar-refractivity contribution in [2.75, 3.05) is 5.32 Å². The molecule has 1 aromatic carbocycles. The highest BCUT2D eigenvalue weighted by atomic mass is 16.5. The summed E-state index contributed by atoms with van der Waals surface area (Å²) in [7, 11) is 1.67. The summed E-state index contributed by atoms with van der Waals surface area (Å²) in [5.74, 6) is 0.254. The number of aryl methyl sites for hydroxylation is 2. The molecule has 34 heavy (non-hydrogen) atoms. The smallest absolute Gasteiger partial charge is 0.413 e. The lowest BCUT2D eigenvalue weighted by Crippen LogP contribution is -2.20. The maximum Gasteiger partial charge on any atom is 0.413 e. The molecular formula is C24H25N5O5. The number of amides is 1. The molecule has 0 bridgehead atoms. The van der Waals surface area contributed by atoms with Crippen LogP contribution in [0.5, 0.6) is 5.75 Å². The van der Waals surface area contributed by atoms with Gasteiger partial charge in [-0.3, -0.25) is 10.1 Å².